The number of hydrogen-bond donors (Lipinski definition) is 1. The lowest BCUT2D eigenvalue weighted by molar-refractivity contribution is -0.152. The summed E-state index contributed by atoms with van der Waals surface area (Å²) in [5, 5.41) is 10.2. The molecule has 0 bridgehead atoms. The van der Waals surface area contributed by atoms with E-state index >= 15 is 0 Å². The van der Waals surface area contributed by atoms with Crippen molar-refractivity contribution in [3.63, 3.8) is 0 Å². The van der Waals surface area contributed by atoms with E-state index in [0.29, 0.717) is 5.75 Å². The maximum absolute atomic E-state index is 13.5. The van der Waals surface area contributed by atoms with Gasteiger partial charge >= 0.3 is 5.97 Å². The Bertz CT molecular complexity index is 1220. The predicted octanol–water partition coefficient (Wildman–Crippen LogP) is 6.07. The van der Waals surface area contributed by atoms with Gasteiger partial charge in [-0.2, -0.15) is 0 Å². The molecule has 1 aromatic heterocycles. The van der Waals surface area contributed by atoms with Gasteiger partial charge in [-0.05, 0) is 56.9 Å². The topological polar surface area (TPSA) is 62.7 Å². The number of ether oxygens (including phenoxy) is 1. The molecular weight excluding hydrogens is 470 g/mol. The third kappa shape index (κ3) is 5.87. The minimum atomic E-state index is -2.85. The number of carbonyl (C=O) groups is 1. The second-order valence-electron chi connectivity index (χ2n) is 9.62. The van der Waals surface area contributed by atoms with Crippen LogP contribution in [0.1, 0.15) is 48.0 Å². The largest absolute Gasteiger partial charge is 0.478 e. The lowest BCUT2D eigenvalue weighted by atomic mass is 10.0. The van der Waals surface area contributed by atoms with Crippen LogP contribution in [0.2, 0.25) is 0 Å². The predicted molar refractivity (Wildman–Crippen MR) is 133 cm³/mol. The number of halogens is 2. The molecule has 0 fully saturated rings. The van der Waals surface area contributed by atoms with Gasteiger partial charge in [0.15, 0.2) is 5.60 Å². The van der Waals surface area contributed by atoms with Crippen LogP contribution in [-0.4, -0.2) is 39.7 Å². The molecular formula is C27H30F2N2O3S. The van der Waals surface area contributed by atoms with E-state index < -0.39 is 17.5 Å². The Morgan fingerprint density at radius 3 is 2.37 bits per heavy atom. The molecule has 1 N–H and O–H groups in total. The molecule has 0 saturated carbocycles. The van der Waals surface area contributed by atoms with E-state index in [1.807, 2.05) is 25.1 Å². The van der Waals surface area contributed by atoms with E-state index in [4.69, 9.17) is 9.72 Å². The number of alkyl halides is 2. The molecule has 0 spiro atoms. The number of aromatic nitrogens is 1. The fraction of sp³-hybridized carbons (Fsp3) is 0.407. The molecule has 2 heterocycles. The first-order valence-electron chi connectivity index (χ1n) is 11.6. The van der Waals surface area contributed by atoms with Gasteiger partial charge in [0, 0.05) is 42.6 Å². The quantitative estimate of drug-likeness (QED) is 0.426. The minimum Gasteiger partial charge on any atom is -0.478 e. The minimum absolute atomic E-state index is 0.000958. The Morgan fingerprint density at radius 2 is 1.74 bits per heavy atom. The summed E-state index contributed by atoms with van der Waals surface area (Å²) in [6.45, 7) is 8.52. The van der Waals surface area contributed by atoms with Crippen molar-refractivity contribution >= 4 is 17.3 Å². The number of thiazole rings is 1. The average Bonchev–Trinajstić information content (AvgIpc) is 3.03. The van der Waals surface area contributed by atoms with Crippen LogP contribution in [0.5, 0.6) is 5.75 Å². The van der Waals surface area contributed by atoms with Crippen LogP contribution in [0.15, 0.2) is 42.5 Å². The van der Waals surface area contributed by atoms with Gasteiger partial charge in [0.1, 0.15) is 10.8 Å². The second-order valence-corrected chi connectivity index (χ2v) is 10.7. The summed E-state index contributed by atoms with van der Waals surface area (Å²) in [6, 6.07) is 12.2. The number of carboxylic acid groups (broad SMARTS) is 1. The molecule has 8 heteroatoms. The third-order valence-electron chi connectivity index (χ3n) is 6.36. The molecule has 35 heavy (non-hydrogen) atoms. The maximum Gasteiger partial charge on any atom is 0.347 e. The Morgan fingerprint density at radius 1 is 1.09 bits per heavy atom. The van der Waals surface area contributed by atoms with Crippen LogP contribution in [0.4, 0.5) is 8.78 Å². The van der Waals surface area contributed by atoms with Gasteiger partial charge in [-0.25, -0.2) is 18.6 Å². The SMILES string of the molecule is Cc1nc(-c2ccc(C(C)(F)F)cc2)sc1CN1CCc2ccc(OC(C)(C)C(=O)O)cc2CC1. The van der Waals surface area contributed by atoms with Gasteiger partial charge in [0.25, 0.3) is 5.92 Å². The highest BCUT2D eigenvalue weighted by Crippen LogP contribution is 2.33. The van der Waals surface area contributed by atoms with Crippen LogP contribution in [0.25, 0.3) is 10.6 Å². The molecule has 0 radical (unpaired) electrons. The van der Waals surface area contributed by atoms with E-state index in [-0.39, 0.29) is 5.56 Å². The van der Waals surface area contributed by atoms with Crippen LogP contribution >= 0.6 is 11.3 Å². The van der Waals surface area contributed by atoms with Crippen LogP contribution in [-0.2, 0) is 30.1 Å². The molecule has 1 aliphatic rings. The lowest BCUT2D eigenvalue weighted by Gasteiger charge is -2.22. The van der Waals surface area contributed by atoms with Crippen molar-refractivity contribution in [1.29, 1.82) is 0 Å². The smallest absolute Gasteiger partial charge is 0.347 e. The highest BCUT2D eigenvalue weighted by molar-refractivity contribution is 7.15. The van der Waals surface area contributed by atoms with E-state index in [0.717, 1.165) is 55.7 Å². The summed E-state index contributed by atoms with van der Waals surface area (Å²) in [5.41, 5.74) is 2.95. The van der Waals surface area contributed by atoms with Crippen molar-refractivity contribution < 1.29 is 23.4 Å². The summed E-state index contributed by atoms with van der Waals surface area (Å²) in [6.07, 6.45) is 1.74. The summed E-state index contributed by atoms with van der Waals surface area (Å²) < 4.78 is 32.8. The Balaban J connectivity index is 1.43. The molecule has 0 unspecified atom stereocenters. The first kappa shape index (κ1) is 25.3. The summed E-state index contributed by atoms with van der Waals surface area (Å²) in [7, 11) is 0. The molecule has 1 aliphatic heterocycles. The number of nitrogens with zero attached hydrogens (tertiary/aromatic N) is 2. The monoisotopic (exact) mass is 500 g/mol. The lowest BCUT2D eigenvalue weighted by Crippen LogP contribution is -2.37. The van der Waals surface area contributed by atoms with Crippen LogP contribution < -0.4 is 4.74 Å². The number of hydrogen-bond acceptors (Lipinski definition) is 5. The van der Waals surface area contributed by atoms with Gasteiger partial charge in [-0.3, -0.25) is 4.90 Å². The first-order chi connectivity index (χ1) is 16.4. The number of fused-ring (bicyclic) bond motifs is 1. The molecule has 4 rings (SSSR count). The van der Waals surface area contributed by atoms with Crippen molar-refractivity contribution in [3.8, 4) is 16.3 Å². The average molecular weight is 501 g/mol. The van der Waals surface area contributed by atoms with Crippen molar-refractivity contribution in [3.05, 3.63) is 69.7 Å². The number of rotatable bonds is 7. The Kier molecular flexibility index (Phi) is 6.97. The van der Waals surface area contributed by atoms with Crippen molar-refractivity contribution in [2.75, 3.05) is 13.1 Å². The van der Waals surface area contributed by atoms with Crippen molar-refractivity contribution in [2.24, 2.45) is 0 Å². The molecule has 2 aromatic carbocycles. The van der Waals surface area contributed by atoms with Gasteiger partial charge in [0.2, 0.25) is 0 Å². The first-order valence-corrected chi connectivity index (χ1v) is 12.5. The third-order valence-corrected chi connectivity index (χ3v) is 7.55. The molecule has 3 aromatic rings. The van der Waals surface area contributed by atoms with Gasteiger partial charge in [-0.15, -0.1) is 11.3 Å². The van der Waals surface area contributed by atoms with Gasteiger partial charge < -0.3 is 9.84 Å². The summed E-state index contributed by atoms with van der Waals surface area (Å²) >= 11 is 1.61. The van der Waals surface area contributed by atoms with Crippen LogP contribution in [0, 0.1) is 6.92 Å². The number of aryl methyl sites for hydroxylation is 1. The molecule has 0 aliphatic carbocycles. The van der Waals surface area contributed by atoms with Gasteiger partial charge in [0.05, 0.1) is 5.69 Å². The zero-order valence-corrected chi connectivity index (χ0v) is 21.2. The Hall–Kier alpha value is -2.84. The fourth-order valence-corrected chi connectivity index (χ4v) is 5.22. The fourth-order valence-electron chi connectivity index (χ4n) is 4.11. The number of carboxylic acids is 1. The maximum atomic E-state index is 13.5. The summed E-state index contributed by atoms with van der Waals surface area (Å²) in [4.78, 5) is 19.7. The van der Waals surface area contributed by atoms with Crippen molar-refractivity contribution in [1.82, 2.24) is 9.88 Å². The zero-order valence-electron chi connectivity index (χ0n) is 20.4. The second kappa shape index (κ2) is 9.66. The number of aliphatic carboxylic acids is 1. The molecule has 5 nitrogen and oxygen atoms in total. The van der Waals surface area contributed by atoms with Crippen LogP contribution in [0.3, 0.4) is 0 Å². The molecule has 0 atom stereocenters. The summed E-state index contributed by atoms with van der Waals surface area (Å²) in [5.74, 6) is -3.29. The molecule has 0 amide bonds. The zero-order chi connectivity index (χ0) is 25.4. The molecule has 186 valence electrons. The standard InChI is InChI=1S/C27H30F2N2O3S/c1-17-23(35-24(30-17)19-5-8-21(9-6-19)27(4,28)29)16-31-13-11-18-7-10-22(15-20(18)12-14-31)34-26(2,3)25(32)33/h5-10,15H,11-14,16H2,1-4H3,(H,32,33). The molecule has 0 saturated heterocycles. The van der Waals surface area contributed by atoms with E-state index in [2.05, 4.69) is 4.90 Å². The van der Waals surface area contributed by atoms with Crippen molar-refractivity contribution in [2.45, 2.75) is 58.6 Å². The normalized spacial score (nSPS) is 14.9. The number of benzene rings is 2. The Labute approximate surface area is 208 Å². The van der Waals surface area contributed by atoms with Gasteiger partial charge in [-0.1, -0.05) is 30.3 Å². The van der Waals surface area contributed by atoms with E-state index in [1.165, 1.54) is 28.1 Å². The van der Waals surface area contributed by atoms with E-state index in [9.17, 15) is 18.7 Å². The highest BCUT2D eigenvalue weighted by atomic mass is 32.1. The highest BCUT2D eigenvalue weighted by Gasteiger charge is 2.30. The van der Waals surface area contributed by atoms with E-state index in [1.54, 1.807) is 37.3 Å².